The summed E-state index contributed by atoms with van der Waals surface area (Å²) >= 11 is 0. The third-order valence-corrected chi connectivity index (χ3v) is 4.54. The molecule has 1 fully saturated rings. The number of carbonyl (C=O) groups excluding carboxylic acids is 1. The summed E-state index contributed by atoms with van der Waals surface area (Å²) < 4.78 is 41.9. The van der Waals surface area contributed by atoms with Crippen molar-refractivity contribution in [1.82, 2.24) is 15.0 Å². The van der Waals surface area contributed by atoms with Crippen LogP contribution in [0.3, 0.4) is 0 Å². The molecule has 1 amide bonds. The zero-order valence-electron chi connectivity index (χ0n) is 15.1. The lowest BCUT2D eigenvalue weighted by molar-refractivity contribution is -0.159. The molecule has 1 aromatic heterocycles. The van der Waals surface area contributed by atoms with Gasteiger partial charge in [0.15, 0.2) is 0 Å². The average molecular weight is 381 g/mol. The van der Waals surface area contributed by atoms with Crippen molar-refractivity contribution < 1.29 is 22.5 Å². The standard InChI is InChI=1S/C19H22F3N3O2/c1-2-3-4-5-16(26)25(15-10-11-15)12-13-6-8-14(9-7-13)17-23-18(27-24-17)19(20,21)22/h6-9,15H,2-5,10-12H2,1H3. The number of halogens is 3. The molecule has 1 aromatic carbocycles. The first-order chi connectivity index (χ1) is 12.9. The van der Waals surface area contributed by atoms with Crippen LogP contribution in [0.4, 0.5) is 13.2 Å². The van der Waals surface area contributed by atoms with E-state index in [4.69, 9.17) is 0 Å². The molecule has 8 heteroatoms. The highest BCUT2D eigenvalue weighted by Crippen LogP contribution is 2.31. The van der Waals surface area contributed by atoms with Gasteiger partial charge >= 0.3 is 12.1 Å². The number of aromatic nitrogens is 2. The summed E-state index contributed by atoms with van der Waals surface area (Å²) in [7, 11) is 0. The van der Waals surface area contributed by atoms with Crippen molar-refractivity contribution in [3.63, 3.8) is 0 Å². The van der Waals surface area contributed by atoms with Crippen LogP contribution in [0.25, 0.3) is 11.4 Å². The summed E-state index contributed by atoms with van der Waals surface area (Å²) in [5, 5.41) is 3.38. The Kier molecular flexibility index (Phi) is 5.82. The van der Waals surface area contributed by atoms with Crippen LogP contribution in [0.2, 0.25) is 0 Å². The number of carbonyl (C=O) groups is 1. The second kappa shape index (κ2) is 8.10. The second-order valence-electron chi connectivity index (χ2n) is 6.83. The molecule has 0 unspecified atom stereocenters. The molecule has 5 nitrogen and oxygen atoms in total. The fourth-order valence-electron chi connectivity index (χ4n) is 2.89. The van der Waals surface area contributed by atoms with Crippen molar-refractivity contribution >= 4 is 5.91 Å². The van der Waals surface area contributed by atoms with Crippen LogP contribution in [0.1, 0.15) is 56.9 Å². The first-order valence-electron chi connectivity index (χ1n) is 9.18. The molecule has 1 saturated carbocycles. The number of benzene rings is 1. The van der Waals surface area contributed by atoms with Gasteiger partial charge in [-0.3, -0.25) is 4.79 Å². The van der Waals surface area contributed by atoms with Crippen molar-refractivity contribution in [1.29, 1.82) is 0 Å². The van der Waals surface area contributed by atoms with Gasteiger partial charge in [-0.15, -0.1) is 0 Å². The molecule has 0 spiro atoms. The Bertz CT molecular complexity index is 767. The van der Waals surface area contributed by atoms with E-state index < -0.39 is 12.1 Å². The van der Waals surface area contributed by atoms with Gasteiger partial charge < -0.3 is 9.42 Å². The molecule has 0 N–H and O–H groups in total. The smallest absolute Gasteiger partial charge is 0.335 e. The molecule has 0 saturated heterocycles. The van der Waals surface area contributed by atoms with Gasteiger partial charge in [0.1, 0.15) is 0 Å². The molecular formula is C19H22F3N3O2. The van der Waals surface area contributed by atoms with E-state index in [0.717, 1.165) is 37.7 Å². The SMILES string of the molecule is CCCCCC(=O)N(Cc1ccc(-c2noc(C(F)(F)F)n2)cc1)C1CC1. The molecule has 0 radical (unpaired) electrons. The molecule has 0 atom stereocenters. The molecule has 146 valence electrons. The summed E-state index contributed by atoms with van der Waals surface area (Å²) in [5.41, 5.74) is 1.36. The molecule has 1 aliphatic carbocycles. The Balaban J connectivity index is 1.65. The largest absolute Gasteiger partial charge is 0.471 e. The third-order valence-electron chi connectivity index (χ3n) is 4.54. The number of alkyl halides is 3. The van der Waals surface area contributed by atoms with E-state index in [2.05, 4.69) is 21.6 Å². The lowest BCUT2D eigenvalue weighted by Gasteiger charge is -2.22. The summed E-state index contributed by atoms with van der Waals surface area (Å²) in [6.07, 6.45) is 0.978. The highest BCUT2D eigenvalue weighted by molar-refractivity contribution is 5.76. The Hall–Kier alpha value is -2.38. The quantitative estimate of drug-likeness (QED) is 0.615. The Morgan fingerprint density at radius 2 is 1.93 bits per heavy atom. The first kappa shape index (κ1) is 19.4. The van der Waals surface area contributed by atoms with Gasteiger partial charge in [-0.2, -0.15) is 18.2 Å². The third kappa shape index (κ3) is 5.08. The number of unbranched alkanes of at least 4 members (excludes halogenated alkanes) is 2. The van der Waals surface area contributed by atoms with Gasteiger partial charge in [0.05, 0.1) is 0 Å². The normalized spacial score (nSPS) is 14.4. The predicted molar refractivity (Wildman–Crippen MR) is 92.5 cm³/mol. The molecule has 1 aliphatic rings. The fourth-order valence-corrected chi connectivity index (χ4v) is 2.89. The number of hydrogen-bond acceptors (Lipinski definition) is 4. The fraction of sp³-hybridized carbons (Fsp3) is 0.526. The van der Waals surface area contributed by atoms with Gasteiger partial charge in [0.25, 0.3) is 0 Å². The maximum Gasteiger partial charge on any atom is 0.471 e. The van der Waals surface area contributed by atoms with E-state index in [0.29, 0.717) is 24.6 Å². The van der Waals surface area contributed by atoms with Crippen molar-refractivity contribution in [2.24, 2.45) is 0 Å². The maximum absolute atomic E-state index is 12.6. The van der Waals surface area contributed by atoms with Gasteiger partial charge in [-0.25, -0.2) is 0 Å². The number of hydrogen-bond donors (Lipinski definition) is 0. The van der Waals surface area contributed by atoms with Crippen LogP contribution in [-0.2, 0) is 17.5 Å². The van der Waals surface area contributed by atoms with Crippen LogP contribution < -0.4 is 0 Å². The van der Waals surface area contributed by atoms with E-state index in [-0.39, 0.29) is 11.7 Å². The zero-order valence-corrected chi connectivity index (χ0v) is 15.1. The minimum atomic E-state index is -4.66. The van der Waals surface area contributed by atoms with Gasteiger partial charge in [-0.05, 0) is 24.8 Å². The lowest BCUT2D eigenvalue weighted by Crippen LogP contribution is -2.32. The van der Waals surface area contributed by atoms with E-state index >= 15 is 0 Å². The highest BCUT2D eigenvalue weighted by atomic mass is 19.4. The topological polar surface area (TPSA) is 59.2 Å². The molecule has 2 aromatic rings. The minimum Gasteiger partial charge on any atom is -0.335 e. The van der Waals surface area contributed by atoms with E-state index in [1.54, 1.807) is 24.3 Å². The number of nitrogens with zero attached hydrogens (tertiary/aromatic N) is 3. The molecule has 0 aliphatic heterocycles. The van der Waals surface area contributed by atoms with Crippen molar-refractivity contribution in [3.05, 3.63) is 35.7 Å². The van der Waals surface area contributed by atoms with Crippen LogP contribution in [-0.4, -0.2) is 27.0 Å². The first-order valence-corrected chi connectivity index (χ1v) is 9.18. The lowest BCUT2D eigenvalue weighted by atomic mass is 10.1. The summed E-state index contributed by atoms with van der Waals surface area (Å²) in [6.45, 7) is 2.61. The molecule has 0 bridgehead atoms. The minimum absolute atomic E-state index is 0.108. The Morgan fingerprint density at radius 3 is 2.48 bits per heavy atom. The van der Waals surface area contributed by atoms with Crippen LogP contribution in [0, 0.1) is 0 Å². The van der Waals surface area contributed by atoms with Crippen molar-refractivity contribution in [2.75, 3.05) is 0 Å². The van der Waals surface area contributed by atoms with Crippen molar-refractivity contribution in [2.45, 2.75) is 64.2 Å². The monoisotopic (exact) mass is 381 g/mol. The van der Waals surface area contributed by atoms with Crippen LogP contribution >= 0.6 is 0 Å². The zero-order chi connectivity index (χ0) is 19.4. The molecule has 3 rings (SSSR count). The summed E-state index contributed by atoms with van der Waals surface area (Å²) in [4.78, 5) is 17.8. The number of rotatable bonds is 8. The Morgan fingerprint density at radius 1 is 1.22 bits per heavy atom. The molecule has 1 heterocycles. The van der Waals surface area contributed by atoms with E-state index in [1.165, 1.54) is 0 Å². The van der Waals surface area contributed by atoms with Crippen LogP contribution in [0.5, 0.6) is 0 Å². The molecule has 27 heavy (non-hydrogen) atoms. The predicted octanol–water partition coefficient (Wildman–Crippen LogP) is 4.83. The highest BCUT2D eigenvalue weighted by Gasteiger charge is 2.38. The molecular weight excluding hydrogens is 359 g/mol. The summed E-state index contributed by atoms with van der Waals surface area (Å²) in [5.74, 6) is -1.30. The second-order valence-corrected chi connectivity index (χ2v) is 6.83. The van der Waals surface area contributed by atoms with E-state index in [9.17, 15) is 18.0 Å². The summed E-state index contributed by atoms with van der Waals surface area (Å²) in [6, 6.07) is 7.17. The van der Waals surface area contributed by atoms with Crippen LogP contribution in [0.15, 0.2) is 28.8 Å². The average Bonchev–Trinajstić information content (AvgIpc) is 3.34. The van der Waals surface area contributed by atoms with E-state index in [1.807, 2.05) is 4.90 Å². The van der Waals surface area contributed by atoms with Gasteiger partial charge in [0.2, 0.25) is 11.7 Å². The van der Waals surface area contributed by atoms with Crippen molar-refractivity contribution in [3.8, 4) is 11.4 Å². The van der Waals surface area contributed by atoms with Gasteiger partial charge in [-0.1, -0.05) is 49.2 Å². The Labute approximate surface area is 155 Å². The maximum atomic E-state index is 12.6. The van der Waals surface area contributed by atoms with Gasteiger partial charge in [0, 0.05) is 24.6 Å². The number of amides is 1.